The smallest absolute Gasteiger partial charge is 0.318 e. The van der Waals surface area contributed by atoms with Crippen LogP contribution in [0.2, 0.25) is 0 Å². The molecule has 0 aliphatic carbocycles. The van der Waals surface area contributed by atoms with Crippen LogP contribution >= 0.6 is 0 Å². The van der Waals surface area contributed by atoms with E-state index in [0.717, 1.165) is 26.1 Å². The van der Waals surface area contributed by atoms with Gasteiger partial charge in [0, 0.05) is 19.1 Å². The highest BCUT2D eigenvalue weighted by atomic mass is 16.4. The van der Waals surface area contributed by atoms with E-state index in [1.165, 1.54) is 0 Å². The molecule has 96 valence electrons. The Morgan fingerprint density at radius 3 is 3.00 bits per heavy atom. The van der Waals surface area contributed by atoms with Gasteiger partial charge >= 0.3 is 6.01 Å². The van der Waals surface area contributed by atoms with Crippen LogP contribution in [0, 0.1) is 0 Å². The molecule has 0 radical (unpaired) electrons. The molecular formula is C11H21N5O. The maximum Gasteiger partial charge on any atom is 0.318 e. The van der Waals surface area contributed by atoms with E-state index in [0.29, 0.717) is 24.5 Å². The first-order valence-electron chi connectivity index (χ1n) is 6.13. The van der Waals surface area contributed by atoms with Gasteiger partial charge in [0.2, 0.25) is 5.89 Å². The van der Waals surface area contributed by atoms with Crippen molar-refractivity contribution in [3.8, 4) is 0 Å². The summed E-state index contributed by atoms with van der Waals surface area (Å²) in [5.41, 5.74) is 0. The van der Waals surface area contributed by atoms with Gasteiger partial charge in [-0.3, -0.25) is 0 Å². The fourth-order valence-electron chi connectivity index (χ4n) is 2.24. The quantitative estimate of drug-likeness (QED) is 0.820. The van der Waals surface area contributed by atoms with Gasteiger partial charge in [0.1, 0.15) is 0 Å². The number of rotatable bonds is 3. The van der Waals surface area contributed by atoms with Crippen LogP contribution in [-0.2, 0) is 6.54 Å². The van der Waals surface area contributed by atoms with Gasteiger partial charge < -0.3 is 19.5 Å². The number of likely N-dealkylation sites (N-methyl/N-ethyl adjacent to an activating group) is 1. The van der Waals surface area contributed by atoms with Crippen molar-refractivity contribution in [1.29, 1.82) is 0 Å². The van der Waals surface area contributed by atoms with E-state index < -0.39 is 0 Å². The molecule has 6 nitrogen and oxygen atoms in total. The van der Waals surface area contributed by atoms with Crippen LogP contribution in [-0.4, -0.2) is 54.9 Å². The molecule has 2 rings (SSSR count). The average molecular weight is 239 g/mol. The van der Waals surface area contributed by atoms with Crippen LogP contribution in [0.15, 0.2) is 4.42 Å². The van der Waals surface area contributed by atoms with Crippen molar-refractivity contribution >= 4 is 6.01 Å². The van der Waals surface area contributed by atoms with E-state index in [4.69, 9.17) is 4.42 Å². The topological polar surface area (TPSA) is 57.4 Å². The lowest BCUT2D eigenvalue weighted by atomic mass is 10.3. The third kappa shape index (κ3) is 2.95. The first kappa shape index (κ1) is 12.3. The number of hydrogen-bond donors (Lipinski definition) is 1. The lowest BCUT2D eigenvalue weighted by molar-refractivity contribution is 0.334. The summed E-state index contributed by atoms with van der Waals surface area (Å²) in [7, 11) is 4.02. The lowest BCUT2D eigenvalue weighted by Gasteiger charge is -2.25. The highest BCUT2D eigenvalue weighted by Crippen LogP contribution is 2.18. The molecule has 17 heavy (non-hydrogen) atoms. The lowest BCUT2D eigenvalue weighted by Crippen LogP contribution is -2.38. The van der Waals surface area contributed by atoms with E-state index in [1.807, 2.05) is 7.05 Å². The minimum Gasteiger partial charge on any atom is -0.407 e. The summed E-state index contributed by atoms with van der Waals surface area (Å²) < 4.78 is 5.65. The first-order chi connectivity index (χ1) is 8.20. The van der Waals surface area contributed by atoms with Gasteiger partial charge in [-0.25, -0.2) is 0 Å². The van der Waals surface area contributed by atoms with Gasteiger partial charge in [0.15, 0.2) is 0 Å². The van der Waals surface area contributed by atoms with E-state index >= 15 is 0 Å². The molecule has 0 spiro atoms. The van der Waals surface area contributed by atoms with E-state index in [-0.39, 0.29) is 0 Å². The van der Waals surface area contributed by atoms with Gasteiger partial charge in [0.05, 0.1) is 6.54 Å². The Morgan fingerprint density at radius 1 is 1.41 bits per heavy atom. The van der Waals surface area contributed by atoms with Crippen LogP contribution in [0.4, 0.5) is 6.01 Å². The number of anilines is 1. The highest BCUT2D eigenvalue weighted by Gasteiger charge is 2.23. The third-order valence-electron chi connectivity index (χ3n) is 3.08. The third-order valence-corrected chi connectivity index (χ3v) is 3.08. The summed E-state index contributed by atoms with van der Waals surface area (Å²) in [5, 5.41) is 11.2. The molecule has 0 bridgehead atoms. The molecule has 1 atom stereocenters. The second-order valence-electron chi connectivity index (χ2n) is 4.67. The maximum absolute atomic E-state index is 5.65. The molecule has 1 fully saturated rings. The van der Waals surface area contributed by atoms with Gasteiger partial charge in [-0.05, 0) is 34.0 Å². The fourth-order valence-corrected chi connectivity index (χ4v) is 2.24. The Balaban J connectivity index is 2.08. The number of hydrogen-bond acceptors (Lipinski definition) is 6. The molecule has 1 unspecified atom stereocenters. The van der Waals surface area contributed by atoms with Crippen molar-refractivity contribution in [2.45, 2.75) is 25.9 Å². The predicted molar refractivity (Wildman–Crippen MR) is 66.0 cm³/mol. The predicted octanol–water partition coefficient (Wildman–Crippen LogP) is 0.319. The molecule has 1 saturated heterocycles. The summed E-state index contributed by atoms with van der Waals surface area (Å²) in [6.07, 6.45) is 1.13. The van der Waals surface area contributed by atoms with Gasteiger partial charge in [-0.2, -0.15) is 0 Å². The molecule has 1 aromatic heterocycles. The average Bonchev–Trinajstić information content (AvgIpc) is 2.66. The fraction of sp³-hybridized carbons (Fsp3) is 0.818. The van der Waals surface area contributed by atoms with Crippen molar-refractivity contribution in [1.82, 2.24) is 20.4 Å². The Morgan fingerprint density at radius 2 is 2.24 bits per heavy atom. The van der Waals surface area contributed by atoms with E-state index in [2.05, 4.69) is 39.3 Å². The van der Waals surface area contributed by atoms with Crippen LogP contribution < -0.4 is 10.2 Å². The molecule has 0 saturated carbocycles. The highest BCUT2D eigenvalue weighted by molar-refractivity contribution is 5.26. The van der Waals surface area contributed by atoms with Gasteiger partial charge in [-0.15, -0.1) is 5.10 Å². The maximum atomic E-state index is 5.65. The van der Waals surface area contributed by atoms with Crippen LogP contribution in [0.1, 0.15) is 19.2 Å². The monoisotopic (exact) mass is 239 g/mol. The Kier molecular flexibility index (Phi) is 3.96. The van der Waals surface area contributed by atoms with E-state index in [1.54, 1.807) is 0 Å². The number of nitrogens with zero attached hydrogens (tertiary/aromatic N) is 4. The van der Waals surface area contributed by atoms with Gasteiger partial charge in [0.25, 0.3) is 0 Å². The number of aromatic nitrogens is 2. The summed E-state index contributed by atoms with van der Waals surface area (Å²) >= 11 is 0. The second-order valence-corrected chi connectivity index (χ2v) is 4.67. The van der Waals surface area contributed by atoms with Crippen LogP contribution in [0.25, 0.3) is 0 Å². The summed E-state index contributed by atoms with van der Waals surface area (Å²) in [6, 6.07) is 1.06. The standard InChI is InChI=1S/C11H21N5O/c1-9-8-15(3)5-4-6-16(9)11-14-13-10(17-11)7-12-2/h9,12H,4-8H2,1-3H3. The van der Waals surface area contributed by atoms with Crippen molar-refractivity contribution < 1.29 is 4.42 Å². The molecule has 1 N–H and O–H groups in total. The molecule has 6 heteroatoms. The van der Waals surface area contributed by atoms with Crippen molar-refractivity contribution in [3.63, 3.8) is 0 Å². The molecule has 1 aromatic rings. The van der Waals surface area contributed by atoms with Crippen molar-refractivity contribution in [2.24, 2.45) is 0 Å². The zero-order valence-corrected chi connectivity index (χ0v) is 10.8. The second kappa shape index (κ2) is 5.46. The molecule has 1 aliphatic heterocycles. The van der Waals surface area contributed by atoms with Crippen LogP contribution in [0.3, 0.4) is 0 Å². The van der Waals surface area contributed by atoms with Crippen LogP contribution in [0.5, 0.6) is 0 Å². The minimum absolute atomic E-state index is 0.408. The summed E-state index contributed by atoms with van der Waals surface area (Å²) in [4.78, 5) is 4.55. The van der Waals surface area contributed by atoms with E-state index in [9.17, 15) is 0 Å². The Labute approximate surface area is 102 Å². The minimum atomic E-state index is 0.408. The van der Waals surface area contributed by atoms with Crippen molar-refractivity contribution in [3.05, 3.63) is 5.89 Å². The molecule has 1 aliphatic rings. The summed E-state index contributed by atoms with van der Waals surface area (Å²) in [5.74, 6) is 0.646. The molecule has 2 heterocycles. The summed E-state index contributed by atoms with van der Waals surface area (Å²) in [6.45, 7) is 5.95. The molecule has 0 aromatic carbocycles. The zero-order valence-electron chi connectivity index (χ0n) is 10.8. The first-order valence-corrected chi connectivity index (χ1v) is 6.13. The zero-order chi connectivity index (χ0) is 12.3. The Hall–Kier alpha value is -1.14. The SMILES string of the molecule is CNCc1nnc(N2CCCN(C)CC2C)o1. The normalized spacial score (nSPS) is 22.8. The van der Waals surface area contributed by atoms with Gasteiger partial charge in [-0.1, -0.05) is 5.10 Å². The molecule has 0 amide bonds. The molecular weight excluding hydrogens is 218 g/mol. The Bertz CT molecular complexity index is 353. The van der Waals surface area contributed by atoms with Crippen molar-refractivity contribution in [2.75, 3.05) is 38.6 Å². The number of nitrogens with one attached hydrogen (secondary N) is 1. The largest absolute Gasteiger partial charge is 0.407 e.